The zero-order valence-corrected chi connectivity index (χ0v) is 12.3. The Bertz CT molecular complexity index is 423. The molecule has 0 bridgehead atoms. The fourth-order valence-corrected chi connectivity index (χ4v) is 2.29. The lowest BCUT2D eigenvalue weighted by Crippen LogP contribution is -2.40. The van der Waals surface area contributed by atoms with Crippen molar-refractivity contribution in [3.05, 3.63) is 34.3 Å². The third kappa shape index (κ3) is 2.93. The normalized spacial score (nSPS) is 11.6. The molecule has 0 aromatic heterocycles. The van der Waals surface area contributed by atoms with Crippen molar-refractivity contribution in [3.63, 3.8) is 0 Å². The highest BCUT2D eigenvalue weighted by Gasteiger charge is 2.36. The highest BCUT2D eigenvalue weighted by Crippen LogP contribution is 2.27. The molecule has 1 aromatic rings. The van der Waals surface area contributed by atoms with Crippen molar-refractivity contribution in [2.75, 3.05) is 6.61 Å². The topological polar surface area (TPSA) is 26.3 Å². The molecule has 0 saturated carbocycles. The van der Waals surface area contributed by atoms with Gasteiger partial charge in [-0.3, -0.25) is 4.79 Å². The summed E-state index contributed by atoms with van der Waals surface area (Å²) < 4.78 is 5.72. The van der Waals surface area contributed by atoms with E-state index in [-0.39, 0.29) is 5.78 Å². The number of halogens is 1. The fraction of sp³-hybridized carbons (Fsp3) is 0.533. The summed E-state index contributed by atoms with van der Waals surface area (Å²) in [4.78, 5) is 12.6. The van der Waals surface area contributed by atoms with E-state index in [1.807, 2.05) is 39.8 Å². The van der Waals surface area contributed by atoms with Crippen LogP contribution in [0.15, 0.2) is 18.2 Å². The van der Waals surface area contributed by atoms with Gasteiger partial charge in [-0.05, 0) is 38.3 Å². The first-order valence-corrected chi connectivity index (χ1v) is 6.83. The predicted octanol–water partition coefficient (Wildman–Crippen LogP) is 4.43. The van der Waals surface area contributed by atoms with Gasteiger partial charge < -0.3 is 4.74 Å². The van der Waals surface area contributed by atoms with E-state index in [1.165, 1.54) is 0 Å². The molecule has 0 amide bonds. The van der Waals surface area contributed by atoms with Crippen LogP contribution in [0.1, 0.15) is 49.5 Å². The average molecular weight is 269 g/mol. The van der Waals surface area contributed by atoms with Crippen molar-refractivity contribution in [2.24, 2.45) is 0 Å². The first-order valence-electron chi connectivity index (χ1n) is 6.45. The Hall–Kier alpha value is -0.860. The Morgan fingerprint density at radius 3 is 2.33 bits per heavy atom. The van der Waals surface area contributed by atoms with E-state index < -0.39 is 5.60 Å². The molecular formula is C15H21ClO2. The molecule has 0 radical (unpaired) electrons. The fourth-order valence-electron chi connectivity index (χ4n) is 2.11. The van der Waals surface area contributed by atoms with Crippen molar-refractivity contribution in [2.45, 2.75) is 46.1 Å². The van der Waals surface area contributed by atoms with Gasteiger partial charge in [0.1, 0.15) is 5.60 Å². The summed E-state index contributed by atoms with van der Waals surface area (Å²) in [6.45, 7) is 8.33. The molecule has 0 aliphatic heterocycles. The van der Waals surface area contributed by atoms with E-state index in [9.17, 15) is 4.79 Å². The lowest BCUT2D eigenvalue weighted by molar-refractivity contribution is -0.0250. The summed E-state index contributed by atoms with van der Waals surface area (Å²) in [5, 5.41) is 0.624. The molecule has 0 N–H and O–H groups in total. The average Bonchev–Trinajstić information content (AvgIpc) is 2.38. The van der Waals surface area contributed by atoms with Crippen molar-refractivity contribution >= 4 is 17.4 Å². The molecule has 0 spiro atoms. The van der Waals surface area contributed by atoms with Gasteiger partial charge in [0, 0.05) is 17.2 Å². The van der Waals surface area contributed by atoms with Gasteiger partial charge in [0.2, 0.25) is 0 Å². The molecule has 18 heavy (non-hydrogen) atoms. The Morgan fingerprint density at radius 1 is 1.28 bits per heavy atom. The van der Waals surface area contributed by atoms with Gasteiger partial charge >= 0.3 is 0 Å². The number of ether oxygens (including phenoxy) is 1. The van der Waals surface area contributed by atoms with E-state index >= 15 is 0 Å². The van der Waals surface area contributed by atoms with Crippen LogP contribution < -0.4 is 0 Å². The van der Waals surface area contributed by atoms with Crippen LogP contribution in [0.2, 0.25) is 5.02 Å². The number of aryl methyl sites for hydroxylation is 1. The number of rotatable bonds is 6. The number of carbonyl (C=O) groups excluding carboxylic acids is 1. The molecular weight excluding hydrogens is 248 g/mol. The highest BCUT2D eigenvalue weighted by molar-refractivity contribution is 6.31. The molecule has 0 atom stereocenters. The second-order valence-electron chi connectivity index (χ2n) is 4.43. The first-order chi connectivity index (χ1) is 8.50. The summed E-state index contributed by atoms with van der Waals surface area (Å²) >= 11 is 6.08. The Labute approximate surface area is 114 Å². The summed E-state index contributed by atoms with van der Waals surface area (Å²) in [5.41, 5.74) is 0.888. The van der Waals surface area contributed by atoms with Crippen LogP contribution in [-0.4, -0.2) is 18.0 Å². The standard InChI is InChI=1S/C15H21ClO2/c1-5-15(6-2,18-7-3)14(17)12-9-8-11(4)13(16)10-12/h8-10H,5-7H2,1-4H3. The molecule has 0 unspecified atom stereocenters. The van der Waals surface area contributed by atoms with Gasteiger partial charge in [0.15, 0.2) is 5.78 Å². The third-order valence-corrected chi connectivity index (χ3v) is 3.82. The number of benzene rings is 1. The van der Waals surface area contributed by atoms with Crippen LogP contribution in [0, 0.1) is 6.92 Å². The molecule has 0 aliphatic carbocycles. The Balaban J connectivity index is 3.13. The van der Waals surface area contributed by atoms with Crippen molar-refractivity contribution in [1.29, 1.82) is 0 Å². The van der Waals surface area contributed by atoms with Crippen molar-refractivity contribution in [1.82, 2.24) is 0 Å². The maximum atomic E-state index is 12.6. The predicted molar refractivity (Wildman–Crippen MR) is 75.5 cm³/mol. The van der Waals surface area contributed by atoms with Crippen LogP contribution in [0.4, 0.5) is 0 Å². The van der Waals surface area contributed by atoms with Gasteiger partial charge in [-0.25, -0.2) is 0 Å². The minimum absolute atomic E-state index is 0.0243. The van der Waals surface area contributed by atoms with E-state index in [1.54, 1.807) is 6.07 Å². The van der Waals surface area contributed by atoms with Gasteiger partial charge in [0.25, 0.3) is 0 Å². The minimum atomic E-state index is -0.715. The Morgan fingerprint density at radius 2 is 1.89 bits per heavy atom. The molecule has 0 saturated heterocycles. The second-order valence-corrected chi connectivity index (χ2v) is 4.83. The molecule has 0 aliphatic rings. The molecule has 0 heterocycles. The monoisotopic (exact) mass is 268 g/mol. The second kappa shape index (κ2) is 6.35. The van der Waals surface area contributed by atoms with Gasteiger partial charge in [-0.15, -0.1) is 0 Å². The summed E-state index contributed by atoms with van der Waals surface area (Å²) in [6.07, 6.45) is 1.34. The SMILES string of the molecule is CCOC(CC)(CC)C(=O)c1ccc(C)c(Cl)c1. The molecule has 0 fully saturated rings. The number of ketones is 1. The molecule has 1 rings (SSSR count). The lowest BCUT2D eigenvalue weighted by atomic mass is 9.87. The van der Waals surface area contributed by atoms with Crippen molar-refractivity contribution < 1.29 is 9.53 Å². The Kier molecular flexibility index (Phi) is 5.36. The van der Waals surface area contributed by atoms with E-state index in [0.29, 0.717) is 30.0 Å². The maximum absolute atomic E-state index is 12.6. The first kappa shape index (κ1) is 15.2. The van der Waals surface area contributed by atoms with Crippen LogP contribution in [-0.2, 0) is 4.74 Å². The summed E-state index contributed by atoms with van der Waals surface area (Å²) in [6, 6.07) is 5.43. The van der Waals surface area contributed by atoms with E-state index in [4.69, 9.17) is 16.3 Å². The molecule has 3 heteroatoms. The molecule has 2 nitrogen and oxygen atoms in total. The van der Waals surface area contributed by atoms with Crippen LogP contribution in [0.5, 0.6) is 0 Å². The minimum Gasteiger partial charge on any atom is -0.367 e. The zero-order valence-electron chi connectivity index (χ0n) is 11.5. The molecule has 100 valence electrons. The van der Waals surface area contributed by atoms with E-state index in [2.05, 4.69) is 0 Å². The quantitative estimate of drug-likeness (QED) is 0.714. The van der Waals surface area contributed by atoms with Crippen LogP contribution >= 0.6 is 11.6 Å². The van der Waals surface area contributed by atoms with Crippen LogP contribution in [0.3, 0.4) is 0 Å². The third-order valence-electron chi connectivity index (χ3n) is 3.41. The van der Waals surface area contributed by atoms with Gasteiger partial charge in [-0.1, -0.05) is 37.6 Å². The number of hydrogen-bond donors (Lipinski definition) is 0. The zero-order chi connectivity index (χ0) is 13.8. The highest BCUT2D eigenvalue weighted by atomic mass is 35.5. The number of carbonyl (C=O) groups is 1. The molecule has 1 aromatic carbocycles. The summed E-state index contributed by atoms with van der Waals surface area (Å²) in [7, 11) is 0. The van der Waals surface area contributed by atoms with Crippen LogP contribution in [0.25, 0.3) is 0 Å². The summed E-state index contributed by atoms with van der Waals surface area (Å²) in [5.74, 6) is 0.0243. The van der Waals surface area contributed by atoms with Crippen molar-refractivity contribution in [3.8, 4) is 0 Å². The largest absolute Gasteiger partial charge is 0.367 e. The lowest BCUT2D eigenvalue weighted by Gasteiger charge is -2.30. The smallest absolute Gasteiger partial charge is 0.194 e. The van der Waals surface area contributed by atoms with Gasteiger partial charge in [-0.2, -0.15) is 0 Å². The van der Waals surface area contributed by atoms with E-state index in [0.717, 1.165) is 5.56 Å². The maximum Gasteiger partial charge on any atom is 0.194 e. The number of hydrogen-bond acceptors (Lipinski definition) is 2. The number of Topliss-reactive ketones (excluding diaryl/α,β-unsaturated/α-hetero) is 1. The van der Waals surface area contributed by atoms with Gasteiger partial charge in [0.05, 0.1) is 0 Å².